The van der Waals surface area contributed by atoms with Crippen molar-refractivity contribution < 1.29 is 14.3 Å². The Kier molecular flexibility index (Phi) is 6.12. The monoisotopic (exact) mass is 371 g/mol. The number of para-hydroxylation sites is 2. The number of hydrogen-bond donors (Lipinski definition) is 0. The normalized spacial score (nSPS) is 15.8. The van der Waals surface area contributed by atoms with Crippen molar-refractivity contribution in [2.75, 3.05) is 26.0 Å². The van der Waals surface area contributed by atoms with Crippen LogP contribution in [0, 0.1) is 0 Å². The first kappa shape index (κ1) is 18.3. The molecule has 0 bridgehead atoms. The van der Waals surface area contributed by atoms with Crippen LogP contribution >= 0.6 is 11.8 Å². The van der Waals surface area contributed by atoms with Crippen molar-refractivity contribution in [2.24, 2.45) is 4.99 Å². The molecule has 1 aromatic heterocycles. The van der Waals surface area contributed by atoms with E-state index >= 15 is 0 Å². The number of carbonyl (C=O) groups excluding carboxylic acids is 1. The molecule has 1 aliphatic heterocycles. The third kappa shape index (κ3) is 3.99. The molecule has 1 fully saturated rings. The molecule has 1 aliphatic rings. The SMILES string of the molecule is CCOc1ncccc1C(=O)N1CCCSC1=Nc1ccccc1OC. The molecule has 6 nitrogen and oxygen atoms in total. The Morgan fingerprint density at radius 3 is 2.96 bits per heavy atom. The number of aliphatic imine (C=N–C) groups is 1. The molecule has 0 radical (unpaired) electrons. The summed E-state index contributed by atoms with van der Waals surface area (Å²) >= 11 is 1.57. The molecule has 1 amide bonds. The second-order valence-corrected chi connectivity index (χ2v) is 6.58. The van der Waals surface area contributed by atoms with Gasteiger partial charge in [0.2, 0.25) is 5.88 Å². The average Bonchev–Trinajstić information content (AvgIpc) is 2.69. The Labute approximate surface area is 157 Å². The van der Waals surface area contributed by atoms with Gasteiger partial charge in [-0.3, -0.25) is 9.69 Å². The van der Waals surface area contributed by atoms with Gasteiger partial charge in [-0.25, -0.2) is 9.98 Å². The summed E-state index contributed by atoms with van der Waals surface area (Å²) in [7, 11) is 1.61. The van der Waals surface area contributed by atoms with Gasteiger partial charge in [-0.1, -0.05) is 23.9 Å². The summed E-state index contributed by atoms with van der Waals surface area (Å²) in [5.41, 5.74) is 1.15. The topological polar surface area (TPSA) is 64.0 Å². The molecular weight excluding hydrogens is 350 g/mol. The van der Waals surface area contributed by atoms with Crippen molar-refractivity contribution in [3.63, 3.8) is 0 Å². The fraction of sp³-hybridized carbons (Fsp3) is 0.316. The van der Waals surface area contributed by atoms with Gasteiger partial charge in [-0.2, -0.15) is 0 Å². The van der Waals surface area contributed by atoms with Gasteiger partial charge >= 0.3 is 0 Å². The van der Waals surface area contributed by atoms with E-state index in [0.717, 1.165) is 12.2 Å². The number of nitrogens with zero attached hydrogens (tertiary/aromatic N) is 3. The second-order valence-electron chi connectivity index (χ2n) is 5.51. The Morgan fingerprint density at radius 2 is 2.15 bits per heavy atom. The lowest BCUT2D eigenvalue weighted by molar-refractivity contribution is 0.0844. The van der Waals surface area contributed by atoms with Crippen LogP contribution in [0.5, 0.6) is 11.6 Å². The largest absolute Gasteiger partial charge is 0.494 e. The summed E-state index contributed by atoms with van der Waals surface area (Å²) in [6.07, 6.45) is 2.53. The van der Waals surface area contributed by atoms with Crippen molar-refractivity contribution in [1.29, 1.82) is 0 Å². The van der Waals surface area contributed by atoms with E-state index in [2.05, 4.69) is 4.98 Å². The van der Waals surface area contributed by atoms with E-state index in [1.165, 1.54) is 0 Å². The van der Waals surface area contributed by atoms with Gasteiger partial charge in [0.1, 0.15) is 17.0 Å². The molecular formula is C19H21N3O3S. The molecule has 7 heteroatoms. The highest BCUT2D eigenvalue weighted by Gasteiger charge is 2.27. The molecule has 2 aromatic rings. The minimum absolute atomic E-state index is 0.151. The standard InChI is InChI=1S/C19H21N3O3S/c1-3-25-17-14(8-6-11-20-17)18(23)22-12-7-13-26-19(22)21-15-9-4-5-10-16(15)24-2/h4-6,8-11H,3,7,12-13H2,1-2H3. The molecule has 0 atom stereocenters. The minimum Gasteiger partial charge on any atom is -0.494 e. The van der Waals surface area contributed by atoms with Gasteiger partial charge in [0.15, 0.2) is 5.17 Å². The van der Waals surface area contributed by atoms with Crippen LogP contribution in [0.4, 0.5) is 5.69 Å². The van der Waals surface area contributed by atoms with E-state index in [9.17, 15) is 4.79 Å². The van der Waals surface area contributed by atoms with Crippen molar-refractivity contribution in [3.8, 4) is 11.6 Å². The molecule has 3 rings (SSSR count). The third-order valence-corrected chi connectivity index (χ3v) is 4.88. The number of hydrogen-bond acceptors (Lipinski definition) is 6. The van der Waals surface area contributed by atoms with Crippen molar-refractivity contribution in [1.82, 2.24) is 9.88 Å². The van der Waals surface area contributed by atoms with Gasteiger partial charge < -0.3 is 9.47 Å². The molecule has 0 spiro atoms. The molecule has 1 aromatic carbocycles. The first-order valence-electron chi connectivity index (χ1n) is 8.48. The number of amides is 1. The fourth-order valence-corrected chi connectivity index (χ4v) is 3.57. The van der Waals surface area contributed by atoms with Crippen LogP contribution < -0.4 is 9.47 Å². The number of ether oxygens (including phenoxy) is 2. The molecule has 2 heterocycles. The van der Waals surface area contributed by atoms with Crippen molar-refractivity contribution in [2.45, 2.75) is 13.3 Å². The van der Waals surface area contributed by atoms with E-state index in [1.807, 2.05) is 31.2 Å². The van der Waals surface area contributed by atoms with Crippen molar-refractivity contribution >= 4 is 28.5 Å². The Morgan fingerprint density at radius 1 is 1.31 bits per heavy atom. The number of aromatic nitrogens is 1. The van der Waals surface area contributed by atoms with E-state index in [0.29, 0.717) is 41.2 Å². The number of thioether (sulfide) groups is 1. The van der Waals surface area contributed by atoms with Gasteiger partial charge in [0.05, 0.1) is 13.7 Å². The molecule has 1 saturated heterocycles. The van der Waals surface area contributed by atoms with Gasteiger partial charge in [0.25, 0.3) is 5.91 Å². The zero-order chi connectivity index (χ0) is 18.4. The highest BCUT2D eigenvalue weighted by atomic mass is 32.2. The quantitative estimate of drug-likeness (QED) is 0.801. The zero-order valence-corrected chi connectivity index (χ0v) is 15.7. The number of rotatable bonds is 5. The maximum atomic E-state index is 13.1. The maximum absolute atomic E-state index is 13.1. The molecule has 0 saturated carbocycles. The first-order valence-corrected chi connectivity index (χ1v) is 9.47. The Balaban J connectivity index is 1.94. The van der Waals surface area contributed by atoms with E-state index in [1.54, 1.807) is 42.1 Å². The summed E-state index contributed by atoms with van der Waals surface area (Å²) in [5.74, 6) is 1.80. The minimum atomic E-state index is -0.151. The number of pyridine rings is 1. The maximum Gasteiger partial charge on any atom is 0.265 e. The predicted molar refractivity (Wildman–Crippen MR) is 104 cm³/mol. The van der Waals surface area contributed by atoms with Crippen LogP contribution in [0.25, 0.3) is 0 Å². The number of carbonyl (C=O) groups is 1. The molecule has 0 aliphatic carbocycles. The average molecular weight is 371 g/mol. The molecule has 26 heavy (non-hydrogen) atoms. The van der Waals surface area contributed by atoms with Crippen LogP contribution in [0.2, 0.25) is 0 Å². The van der Waals surface area contributed by atoms with Crippen LogP contribution in [0.1, 0.15) is 23.7 Å². The first-order chi connectivity index (χ1) is 12.7. The lowest BCUT2D eigenvalue weighted by Gasteiger charge is -2.28. The van der Waals surface area contributed by atoms with Crippen LogP contribution in [-0.4, -0.2) is 47.0 Å². The molecule has 136 valence electrons. The zero-order valence-electron chi connectivity index (χ0n) is 14.8. The number of amidine groups is 1. The smallest absolute Gasteiger partial charge is 0.265 e. The summed E-state index contributed by atoms with van der Waals surface area (Å²) in [5, 5.41) is 0.664. The summed E-state index contributed by atoms with van der Waals surface area (Å²) in [4.78, 5) is 23.7. The number of benzene rings is 1. The lowest BCUT2D eigenvalue weighted by atomic mass is 10.2. The van der Waals surface area contributed by atoms with Gasteiger partial charge in [0, 0.05) is 18.5 Å². The highest BCUT2D eigenvalue weighted by molar-refractivity contribution is 8.13. The molecule has 0 unspecified atom stereocenters. The summed E-state index contributed by atoms with van der Waals surface area (Å²) in [6, 6.07) is 11.0. The van der Waals surface area contributed by atoms with E-state index in [4.69, 9.17) is 14.5 Å². The fourth-order valence-electron chi connectivity index (χ4n) is 2.62. The van der Waals surface area contributed by atoms with Gasteiger partial charge in [-0.05, 0) is 37.6 Å². The lowest BCUT2D eigenvalue weighted by Crippen LogP contribution is -2.39. The number of methoxy groups -OCH3 is 1. The highest BCUT2D eigenvalue weighted by Crippen LogP contribution is 2.31. The predicted octanol–water partition coefficient (Wildman–Crippen LogP) is 3.76. The van der Waals surface area contributed by atoms with Crippen LogP contribution in [0.15, 0.2) is 47.6 Å². The van der Waals surface area contributed by atoms with Crippen molar-refractivity contribution in [3.05, 3.63) is 48.2 Å². The van der Waals surface area contributed by atoms with Crippen LogP contribution in [0.3, 0.4) is 0 Å². The molecule has 0 N–H and O–H groups in total. The summed E-state index contributed by atoms with van der Waals surface area (Å²) in [6.45, 7) is 2.93. The summed E-state index contributed by atoms with van der Waals surface area (Å²) < 4.78 is 10.9. The second kappa shape index (κ2) is 8.71. The van der Waals surface area contributed by atoms with Crippen LogP contribution in [-0.2, 0) is 0 Å². The Hall–Kier alpha value is -2.54. The van der Waals surface area contributed by atoms with Gasteiger partial charge in [-0.15, -0.1) is 0 Å². The van der Waals surface area contributed by atoms with E-state index < -0.39 is 0 Å². The Bertz CT molecular complexity index is 810. The van der Waals surface area contributed by atoms with E-state index in [-0.39, 0.29) is 5.91 Å². The third-order valence-electron chi connectivity index (χ3n) is 3.82.